The van der Waals surface area contributed by atoms with E-state index in [9.17, 15) is 14.4 Å². The molecule has 1 atom stereocenters. The molecule has 0 saturated carbocycles. The van der Waals surface area contributed by atoms with E-state index >= 15 is 0 Å². The van der Waals surface area contributed by atoms with Crippen molar-refractivity contribution >= 4 is 29.5 Å². The molecule has 1 aliphatic heterocycles. The van der Waals surface area contributed by atoms with Gasteiger partial charge in [-0.05, 0) is 42.8 Å². The van der Waals surface area contributed by atoms with E-state index in [-0.39, 0.29) is 5.57 Å². The van der Waals surface area contributed by atoms with Crippen LogP contribution in [0, 0.1) is 0 Å². The zero-order valence-corrected chi connectivity index (χ0v) is 13.9. The van der Waals surface area contributed by atoms with Gasteiger partial charge in [0, 0.05) is 0 Å². The maximum Gasteiger partial charge on any atom is 0.344 e. The molecule has 7 nitrogen and oxygen atoms in total. The van der Waals surface area contributed by atoms with Crippen molar-refractivity contribution in [3.8, 4) is 5.75 Å². The molecule has 7 heteroatoms. The lowest BCUT2D eigenvalue weighted by Crippen LogP contribution is -2.35. The second-order valence-corrected chi connectivity index (χ2v) is 5.64. The van der Waals surface area contributed by atoms with Gasteiger partial charge in [-0.2, -0.15) is 0 Å². The number of hydrazine groups is 1. The van der Waals surface area contributed by atoms with Gasteiger partial charge in [-0.3, -0.25) is 15.0 Å². The summed E-state index contributed by atoms with van der Waals surface area (Å²) in [5.74, 6) is -1.61. The SMILES string of the molecule is C[C@H](Oc1ccc(/C=C2/C(=O)NN(c3ccccc3)C2=O)cc1)C(=O)O. The van der Waals surface area contributed by atoms with E-state index in [2.05, 4.69) is 5.43 Å². The normalized spacial score (nSPS) is 16.5. The highest BCUT2D eigenvalue weighted by Crippen LogP contribution is 2.22. The molecule has 0 radical (unpaired) electrons. The highest BCUT2D eigenvalue weighted by atomic mass is 16.5. The summed E-state index contributed by atoms with van der Waals surface area (Å²) in [6, 6.07) is 15.2. The third-order valence-electron chi connectivity index (χ3n) is 3.76. The highest BCUT2D eigenvalue weighted by molar-refractivity contribution is 6.31. The number of carbonyl (C=O) groups excluding carboxylic acids is 2. The van der Waals surface area contributed by atoms with E-state index in [4.69, 9.17) is 9.84 Å². The van der Waals surface area contributed by atoms with E-state index in [1.807, 2.05) is 6.07 Å². The number of amides is 2. The molecule has 0 spiro atoms. The topological polar surface area (TPSA) is 95.9 Å². The van der Waals surface area contributed by atoms with Crippen LogP contribution in [-0.2, 0) is 14.4 Å². The predicted octanol–water partition coefficient (Wildman–Crippen LogP) is 2.00. The number of para-hydroxylation sites is 1. The van der Waals surface area contributed by atoms with Crippen LogP contribution in [0.1, 0.15) is 12.5 Å². The van der Waals surface area contributed by atoms with Crippen molar-refractivity contribution in [1.29, 1.82) is 0 Å². The smallest absolute Gasteiger partial charge is 0.344 e. The van der Waals surface area contributed by atoms with Gasteiger partial charge in [0.25, 0.3) is 11.8 Å². The number of hydrogen-bond donors (Lipinski definition) is 2. The number of benzene rings is 2. The summed E-state index contributed by atoms with van der Waals surface area (Å²) in [4.78, 5) is 35.4. The molecule has 0 aliphatic carbocycles. The lowest BCUT2D eigenvalue weighted by molar-refractivity contribution is -0.144. The second-order valence-electron chi connectivity index (χ2n) is 5.64. The zero-order valence-electron chi connectivity index (χ0n) is 13.9. The molecule has 132 valence electrons. The molecule has 1 aliphatic rings. The molecule has 2 N–H and O–H groups in total. The van der Waals surface area contributed by atoms with Gasteiger partial charge in [0.15, 0.2) is 6.10 Å². The Morgan fingerprint density at radius 1 is 1.12 bits per heavy atom. The van der Waals surface area contributed by atoms with Crippen molar-refractivity contribution < 1.29 is 24.2 Å². The van der Waals surface area contributed by atoms with Crippen molar-refractivity contribution in [2.45, 2.75) is 13.0 Å². The first kappa shape index (κ1) is 17.2. The van der Waals surface area contributed by atoms with Gasteiger partial charge in [0.2, 0.25) is 0 Å². The van der Waals surface area contributed by atoms with Crippen LogP contribution in [0.5, 0.6) is 5.75 Å². The number of carboxylic acid groups (broad SMARTS) is 1. The Morgan fingerprint density at radius 3 is 2.38 bits per heavy atom. The number of aliphatic carboxylic acids is 1. The first-order valence-electron chi connectivity index (χ1n) is 7.87. The molecule has 3 rings (SSSR count). The minimum atomic E-state index is -1.06. The van der Waals surface area contributed by atoms with Gasteiger partial charge in [0.05, 0.1) is 5.69 Å². The van der Waals surface area contributed by atoms with Crippen molar-refractivity contribution in [3.05, 3.63) is 65.7 Å². The third-order valence-corrected chi connectivity index (χ3v) is 3.76. The first-order chi connectivity index (χ1) is 12.5. The third kappa shape index (κ3) is 3.56. The summed E-state index contributed by atoms with van der Waals surface area (Å²) in [6.45, 7) is 1.43. The highest BCUT2D eigenvalue weighted by Gasteiger charge is 2.34. The maximum absolute atomic E-state index is 12.5. The van der Waals surface area contributed by atoms with Gasteiger partial charge in [-0.1, -0.05) is 30.3 Å². The van der Waals surface area contributed by atoms with Crippen molar-refractivity contribution in [3.63, 3.8) is 0 Å². The molecule has 0 unspecified atom stereocenters. The fourth-order valence-corrected chi connectivity index (χ4v) is 2.38. The van der Waals surface area contributed by atoms with Crippen LogP contribution in [0.25, 0.3) is 6.08 Å². The molecule has 1 saturated heterocycles. The van der Waals surface area contributed by atoms with Crippen LogP contribution in [0.3, 0.4) is 0 Å². The molecular weight excluding hydrogens is 336 g/mol. The lowest BCUT2D eigenvalue weighted by Gasteiger charge is -2.13. The Labute approximate surface area is 149 Å². The molecular formula is C19H16N2O5. The van der Waals surface area contributed by atoms with Gasteiger partial charge in [-0.25, -0.2) is 9.80 Å². The van der Waals surface area contributed by atoms with E-state index in [0.717, 1.165) is 0 Å². The van der Waals surface area contributed by atoms with Gasteiger partial charge < -0.3 is 9.84 Å². The number of hydrogen-bond acceptors (Lipinski definition) is 4. The average Bonchev–Trinajstić information content (AvgIpc) is 2.92. The number of carboxylic acids is 1. The molecule has 1 heterocycles. The molecule has 2 aromatic rings. The van der Waals surface area contributed by atoms with Crippen LogP contribution in [-0.4, -0.2) is 29.0 Å². The zero-order chi connectivity index (χ0) is 18.7. The summed E-state index contributed by atoms with van der Waals surface area (Å²) < 4.78 is 5.24. The fraction of sp³-hybridized carbons (Fsp3) is 0.105. The monoisotopic (exact) mass is 352 g/mol. The van der Waals surface area contributed by atoms with Crippen LogP contribution in [0.2, 0.25) is 0 Å². The minimum Gasteiger partial charge on any atom is -0.479 e. The molecule has 1 fully saturated rings. The number of rotatable bonds is 5. The Morgan fingerprint density at radius 2 is 1.77 bits per heavy atom. The number of carbonyl (C=O) groups is 3. The van der Waals surface area contributed by atoms with Gasteiger partial charge in [0.1, 0.15) is 11.3 Å². The summed E-state index contributed by atoms with van der Waals surface area (Å²) in [6.07, 6.45) is 0.506. The molecule has 2 aromatic carbocycles. The number of nitrogens with one attached hydrogen (secondary N) is 1. The lowest BCUT2D eigenvalue weighted by atomic mass is 10.1. The number of anilines is 1. The predicted molar refractivity (Wildman–Crippen MR) is 94.2 cm³/mol. The Balaban J connectivity index is 1.78. The van der Waals surface area contributed by atoms with Crippen LogP contribution in [0.4, 0.5) is 5.69 Å². The average molecular weight is 352 g/mol. The fourth-order valence-electron chi connectivity index (χ4n) is 2.38. The van der Waals surface area contributed by atoms with E-state index in [1.54, 1.807) is 48.5 Å². The standard InChI is InChI=1S/C19H16N2O5/c1-12(19(24)25)26-15-9-7-13(8-10-15)11-16-17(22)20-21(18(16)23)14-5-3-2-4-6-14/h2-12H,1H3,(H,20,22)(H,24,25)/b16-11-/t12-/m0/s1. The Kier molecular flexibility index (Phi) is 4.70. The molecule has 0 bridgehead atoms. The molecule has 2 amide bonds. The quantitative estimate of drug-likeness (QED) is 0.634. The van der Waals surface area contributed by atoms with E-state index in [1.165, 1.54) is 18.0 Å². The Hall–Kier alpha value is -3.61. The summed E-state index contributed by atoms with van der Waals surface area (Å²) >= 11 is 0. The summed E-state index contributed by atoms with van der Waals surface area (Å²) in [7, 11) is 0. The van der Waals surface area contributed by atoms with Crippen molar-refractivity contribution in [2.24, 2.45) is 0 Å². The van der Waals surface area contributed by atoms with E-state index < -0.39 is 23.9 Å². The van der Waals surface area contributed by atoms with Crippen LogP contribution >= 0.6 is 0 Å². The molecule has 0 aromatic heterocycles. The van der Waals surface area contributed by atoms with E-state index in [0.29, 0.717) is 17.0 Å². The summed E-state index contributed by atoms with van der Waals surface area (Å²) in [5, 5.41) is 10.0. The van der Waals surface area contributed by atoms with Gasteiger partial charge >= 0.3 is 5.97 Å². The maximum atomic E-state index is 12.5. The van der Waals surface area contributed by atoms with Crippen LogP contribution in [0.15, 0.2) is 60.2 Å². The van der Waals surface area contributed by atoms with Crippen molar-refractivity contribution in [1.82, 2.24) is 5.43 Å². The first-order valence-corrected chi connectivity index (χ1v) is 7.87. The van der Waals surface area contributed by atoms with Crippen LogP contribution < -0.4 is 15.2 Å². The van der Waals surface area contributed by atoms with Crippen molar-refractivity contribution in [2.75, 3.05) is 5.01 Å². The summed E-state index contributed by atoms with van der Waals surface area (Å²) in [5.41, 5.74) is 3.73. The van der Waals surface area contributed by atoms with Gasteiger partial charge in [-0.15, -0.1) is 0 Å². The minimum absolute atomic E-state index is 0.0152. The largest absolute Gasteiger partial charge is 0.479 e. The second kappa shape index (κ2) is 7.10. The number of nitrogens with zero attached hydrogens (tertiary/aromatic N) is 1. The molecule has 26 heavy (non-hydrogen) atoms. The Bertz CT molecular complexity index is 875. The number of ether oxygens (including phenoxy) is 1.